The van der Waals surface area contributed by atoms with Crippen molar-refractivity contribution in [2.45, 2.75) is 27.7 Å². The first-order valence-electron chi connectivity index (χ1n) is 6.48. The highest BCUT2D eigenvalue weighted by Crippen LogP contribution is 2.25. The monoisotopic (exact) mass is 329 g/mol. The van der Waals surface area contributed by atoms with E-state index in [1.165, 1.54) is 11.5 Å². The van der Waals surface area contributed by atoms with Crippen LogP contribution >= 0.6 is 23.8 Å². The molecule has 0 fully saturated rings. The van der Waals surface area contributed by atoms with Gasteiger partial charge in [-0.05, 0) is 51.4 Å². The molecule has 7 nitrogen and oxygen atoms in total. The summed E-state index contributed by atoms with van der Waals surface area (Å²) in [4.78, 5) is 11.5. The molecule has 0 radical (unpaired) electrons. The number of thiocarbonyl (C=S) groups is 1. The average molecular weight is 329 g/mol. The van der Waals surface area contributed by atoms with Gasteiger partial charge >= 0.3 is 6.09 Å². The normalized spacial score (nSPS) is 11.0. The van der Waals surface area contributed by atoms with Gasteiger partial charge in [0.25, 0.3) is 0 Å². The third kappa shape index (κ3) is 5.27. The summed E-state index contributed by atoms with van der Waals surface area (Å²) >= 11 is 6.22. The van der Waals surface area contributed by atoms with E-state index in [1.54, 1.807) is 6.92 Å². The van der Waals surface area contributed by atoms with Crippen LogP contribution in [0.2, 0.25) is 0 Å². The van der Waals surface area contributed by atoms with Gasteiger partial charge in [-0.3, -0.25) is 10.7 Å². The van der Waals surface area contributed by atoms with Crippen LogP contribution in [0, 0.1) is 6.92 Å². The molecule has 0 saturated heterocycles. The van der Waals surface area contributed by atoms with Crippen LogP contribution in [0.1, 0.15) is 32.0 Å². The number of carbonyl (C=O) groups excluding carboxylic acids is 1. The second kappa shape index (κ2) is 8.53. The van der Waals surface area contributed by atoms with Crippen LogP contribution in [0.15, 0.2) is 5.10 Å². The maximum absolute atomic E-state index is 11.5. The largest absolute Gasteiger partial charge is 0.450 e. The number of amides is 1. The minimum Gasteiger partial charge on any atom is -0.450 e. The van der Waals surface area contributed by atoms with E-state index in [0.717, 1.165) is 17.8 Å². The second-order valence-corrected chi connectivity index (χ2v) is 5.17. The zero-order valence-electron chi connectivity index (χ0n) is 12.4. The minimum atomic E-state index is -0.508. The molecule has 3 N–H and O–H groups in total. The van der Waals surface area contributed by atoms with Gasteiger partial charge in [0.05, 0.1) is 23.6 Å². The molecule has 0 spiro atoms. The number of aryl methyl sites for hydroxylation is 1. The Balaban J connectivity index is 2.86. The Hall–Kier alpha value is -1.74. The Labute approximate surface area is 133 Å². The Kier molecular flexibility index (Phi) is 7.03. The molecule has 0 atom stereocenters. The number of hydrazone groups is 1. The lowest BCUT2D eigenvalue weighted by Crippen LogP contribution is -2.32. The molecule has 0 aliphatic rings. The molecule has 0 aliphatic carbocycles. The Morgan fingerprint density at radius 1 is 1.48 bits per heavy atom. The van der Waals surface area contributed by atoms with Crippen LogP contribution < -0.4 is 16.1 Å². The number of nitrogens with zero attached hydrogens (tertiary/aromatic N) is 2. The summed E-state index contributed by atoms with van der Waals surface area (Å²) in [5.74, 6) is 0. The van der Waals surface area contributed by atoms with Crippen molar-refractivity contribution in [1.82, 2.24) is 15.1 Å². The topological polar surface area (TPSA) is 87.6 Å². The zero-order valence-corrected chi connectivity index (χ0v) is 14.1. The van der Waals surface area contributed by atoms with Crippen molar-refractivity contribution in [3.05, 3.63) is 11.3 Å². The SMILES string of the molecule is CCNC(=S)N/N=C(\C)c1c(C)nsc1NC(=O)OCC. The Bertz CT molecular complexity index is 542. The number of anilines is 1. The molecule has 21 heavy (non-hydrogen) atoms. The van der Waals surface area contributed by atoms with Crippen LogP contribution in [-0.4, -0.2) is 34.4 Å². The first-order chi connectivity index (χ1) is 9.99. The van der Waals surface area contributed by atoms with Gasteiger partial charge in [-0.25, -0.2) is 4.79 Å². The molecular weight excluding hydrogens is 310 g/mol. The quantitative estimate of drug-likeness (QED) is 0.436. The van der Waals surface area contributed by atoms with Crippen molar-refractivity contribution in [2.75, 3.05) is 18.5 Å². The van der Waals surface area contributed by atoms with E-state index in [2.05, 4.69) is 25.5 Å². The van der Waals surface area contributed by atoms with Crippen molar-refractivity contribution in [1.29, 1.82) is 0 Å². The molecule has 0 unspecified atom stereocenters. The highest BCUT2D eigenvalue weighted by molar-refractivity contribution is 7.80. The predicted octanol–water partition coefficient (Wildman–Crippen LogP) is 2.23. The van der Waals surface area contributed by atoms with Gasteiger partial charge in [0.1, 0.15) is 5.00 Å². The van der Waals surface area contributed by atoms with Gasteiger partial charge in [-0.2, -0.15) is 9.47 Å². The maximum atomic E-state index is 11.5. The van der Waals surface area contributed by atoms with Gasteiger partial charge in [0.15, 0.2) is 5.11 Å². The lowest BCUT2D eigenvalue weighted by molar-refractivity contribution is 0.168. The maximum Gasteiger partial charge on any atom is 0.412 e. The molecule has 1 aromatic rings. The molecule has 0 aromatic carbocycles. The molecule has 1 rings (SSSR count). The molecule has 116 valence electrons. The van der Waals surface area contributed by atoms with Crippen molar-refractivity contribution >= 4 is 45.7 Å². The van der Waals surface area contributed by atoms with E-state index < -0.39 is 6.09 Å². The van der Waals surface area contributed by atoms with E-state index in [4.69, 9.17) is 17.0 Å². The lowest BCUT2D eigenvalue weighted by atomic mass is 10.2. The number of hydrogen-bond acceptors (Lipinski definition) is 6. The van der Waals surface area contributed by atoms with Gasteiger partial charge in [-0.15, -0.1) is 0 Å². The molecule has 0 saturated carbocycles. The van der Waals surface area contributed by atoms with Gasteiger partial charge < -0.3 is 10.1 Å². The van der Waals surface area contributed by atoms with E-state index in [0.29, 0.717) is 22.4 Å². The summed E-state index contributed by atoms with van der Waals surface area (Å²) < 4.78 is 9.09. The predicted molar refractivity (Wildman–Crippen MR) is 89.1 cm³/mol. The van der Waals surface area contributed by atoms with Crippen LogP contribution in [0.5, 0.6) is 0 Å². The molecule has 1 amide bonds. The number of aromatic nitrogens is 1. The number of nitrogens with one attached hydrogen (secondary N) is 3. The highest BCUT2D eigenvalue weighted by atomic mass is 32.1. The van der Waals surface area contributed by atoms with Crippen LogP contribution in [0.4, 0.5) is 9.80 Å². The third-order valence-corrected chi connectivity index (χ3v) is 3.47. The van der Waals surface area contributed by atoms with Crippen molar-refractivity contribution in [3.63, 3.8) is 0 Å². The van der Waals surface area contributed by atoms with Gasteiger partial charge in [0.2, 0.25) is 0 Å². The summed E-state index contributed by atoms with van der Waals surface area (Å²) in [6.45, 7) is 8.38. The fraction of sp³-hybridized carbons (Fsp3) is 0.500. The van der Waals surface area contributed by atoms with Crippen LogP contribution in [0.25, 0.3) is 0 Å². The summed E-state index contributed by atoms with van der Waals surface area (Å²) in [6, 6.07) is 0. The van der Waals surface area contributed by atoms with E-state index >= 15 is 0 Å². The summed E-state index contributed by atoms with van der Waals surface area (Å²) in [6.07, 6.45) is -0.508. The molecule has 9 heteroatoms. The smallest absolute Gasteiger partial charge is 0.412 e. The number of rotatable bonds is 5. The highest BCUT2D eigenvalue weighted by Gasteiger charge is 2.16. The molecule has 1 heterocycles. The Morgan fingerprint density at radius 2 is 2.19 bits per heavy atom. The lowest BCUT2D eigenvalue weighted by Gasteiger charge is -2.08. The fourth-order valence-corrected chi connectivity index (χ4v) is 2.56. The van der Waals surface area contributed by atoms with Crippen LogP contribution in [0.3, 0.4) is 0 Å². The third-order valence-electron chi connectivity index (χ3n) is 2.38. The molecule has 0 aliphatic heterocycles. The van der Waals surface area contributed by atoms with Crippen LogP contribution in [-0.2, 0) is 4.74 Å². The average Bonchev–Trinajstić information content (AvgIpc) is 2.77. The first kappa shape index (κ1) is 17.3. The standard InChI is InChI=1S/C12H19N5O2S2/c1-5-13-11(20)16-15-7(3)9-8(4)17-21-10(9)14-12(18)19-6-2/h5-6H2,1-4H3,(H,14,18)(H2,13,16,20)/b15-7+. The molecular formula is C12H19N5O2S2. The fourth-order valence-electron chi connectivity index (χ4n) is 1.53. The minimum absolute atomic E-state index is 0.310. The second-order valence-electron chi connectivity index (χ2n) is 3.99. The van der Waals surface area contributed by atoms with E-state index in [-0.39, 0.29) is 0 Å². The van der Waals surface area contributed by atoms with E-state index in [1.807, 2.05) is 20.8 Å². The zero-order chi connectivity index (χ0) is 15.8. The van der Waals surface area contributed by atoms with Gasteiger partial charge in [-0.1, -0.05) is 0 Å². The number of hydrogen-bond donors (Lipinski definition) is 3. The summed E-state index contributed by atoms with van der Waals surface area (Å²) in [5, 5.41) is 10.8. The summed E-state index contributed by atoms with van der Waals surface area (Å²) in [7, 11) is 0. The van der Waals surface area contributed by atoms with Gasteiger partial charge in [0, 0.05) is 6.54 Å². The molecule has 0 bridgehead atoms. The van der Waals surface area contributed by atoms with Crippen molar-refractivity contribution < 1.29 is 9.53 Å². The Morgan fingerprint density at radius 3 is 2.81 bits per heavy atom. The van der Waals surface area contributed by atoms with Crippen molar-refractivity contribution in [3.8, 4) is 0 Å². The van der Waals surface area contributed by atoms with E-state index in [9.17, 15) is 4.79 Å². The van der Waals surface area contributed by atoms with Crippen molar-refractivity contribution in [2.24, 2.45) is 5.10 Å². The summed E-state index contributed by atoms with van der Waals surface area (Å²) in [5.41, 5.74) is 4.97. The first-order valence-corrected chi connectivity index (χ1v) is 7.66. The number of ether oxygens (including phenoxy) is 1. The number of carbonyl (C=O) groups is 1. The molecule has 1 aromatic heterocycles.